The molecule has 130 valence electrons. The lowest BCUT2D eigenvalue weighted by Crippen LogP contribution is -2.20. The van der Waals surface area contributed by atoms with Crippen molar-refractivity contribution < 1.29 is 14.3 Å². The fraction of sp³-hybridized carbons (Fsp3) is 0.167. The fourth-order valence-electron chi connectivity index (χ4n) is 1.91. The summed E-state index contributed by atoms with van der Waals surface area (Å²) in [6.07, 6.45) is 1.69. The fourth-order valence-corrected chi connectivity index (χ4v) is 2.27. The van der Waals surface area contributed by atoms with Crippen molar-refractivity contribution in [3.05, 3.63) is 57.7 Å². The Bertz CT molecular complexity index is 743. The number of ether oxygens (including phenoxy) is 1. The van der Waals surface area contributed by atoms with Gasteiger partial charge in [-0.15, -0.1) is 0 Å². The van der Waals surface area contributed by atoms with E-state index in [9.17, 15) is 9.59 Å². The second-order valence-electron chi connectivity index (χ2n) is 5.12. The standard InChI is InChI=1S/C18H18IN3O3/c1-25-16-8-2-13(3-9-16)12-20-22-18(24)11-10-17(23)21-15-6-4-14(19)5-7-15/h2-9,12H,10-11H2,1H3,(H,21,23)(H,22,24)/b20-12-. The van der Waals surface area contributed by atoms with Gasteiger partial charge in [-0.1, -0.05) is 0 Å². The Balaban J connectivity index is 1.71. The quantitative estimate of drug-likeness (QED) is 0.386. The van der Waals surface area contributed by atoms with Crippen LogP contribution in [0.5, 0.6) is 5.75 Å². The summed E-state index contributed by atoms with van der Waals surface area (Å²) in [4.78, 5) is 23.5. The molecule has 6 nitrogen and oxygen atoms in total. The van der Waals surface area contributed by atoms with Crippen LogP contribution in [-0.4, -0.2) is 25.1 Å². The van der Waals surface area contributed by atoms with Crippen LogP contribution in [0.2, 0.25) is 0 Å². The van der Waals surface area contributed by atoms with Crippen molar-refractivity contribution in [3.63, 3.8) is 0 Å². The third-order valence-electron chi connectivity index (χ3n) is 3.23. The van der Waals surface area contributed by atoms with E-state index in [1.807, 2.05) is 36.4 Å². The van der Waals surface area contributed by atoms with Crippen LogP contribution in [0.25, 0.3) is 0 Å². The molecule has 2 amide bonds. The van der Waals surface area contributed by atoms with Crippen LogP contribution in [0.4, 0.5) is 5.69 Å². The van der Waals surface area contributed by atoms with Gasteiger partial charge < -0.3 is 10.1 Å². The van der Waals surface area contributed by atoms with Crippen molar-refractivity contribution in [2.24, 2.45) is 5.10 Å². The van der Waals surface area contributed by atoms with E-state index < -0.39 is 0 Å². The van der Waals surface area contributed by atoms with E-state index in [-0.39, 0.29) is 24.7 Å². The first-order chi connectivity index (χ1) is 12.1. The molecule has 2 rings (SSSR count). The van der Waals surface area contributed by atoms with E-state index >= 15 is 0 Å². The Morgan fingerprint density at radius 1 is 1.04 bits per heavy atom. The lowest BCUT2D eigenvalue weighted by Gasteiger charge is -2.05. The molecule has 7 heteroatoms. The molecule has 0 heterocycles. The monoisotopic (exact) mass is 451 g/mol. The molecule has 0 atom stereocenters. The van der Waals surface area contributed by atoms with Gasteiger partial charge in [0.2, 0.25) is 11.8 Å². The van der Waals surface area contributed by atoms with Gasteiger partial charge in [-0.3, -0.25) is 9.59 Å². The summed E-state index contributed by atoms with van der Waals surface area (Å²) in [5.41, 5.74) is 3.95. The number of methoxy groups -OCH3 is 1. The van der Waals surface area contributed by atoms with Crippen molar-refractivity contribution in [2.45, 2.75) is 12.8 Å². The first kappa shape index (κ1) is 18.9. The molecule has 2 aromatic carbocycles. The normalized spacial score (nSPS) is 10.5. The summed E-state index contributed by atoms with van der Waals surface area (Å²) in [5, 5.41) is 6.62. The van der Waals surface area contributed by atoms with Crippen molar-refractivity contribution in [1.82, 2.24) is 5.43 Å². The lowest BCUT2D eigenvalue weighted by atomic mass is 10.2. The highest BCUT2D eigenvalue weighted by Crippen LogP contribution is 2.12. The number of nitrogens with one attached hydrogen (secondary N) is 2. The maximum atomic E-state index is 11.8. The number of hydrogen-bond donors (Lipinski definition) is 2. The van der Waals surface area contributed by atoms with Gasteiger partial charge in [0, 0.05) is 22.1 Å². The third kappa shape index (κ3) is 6.92. The second kappa shape index (κ2) is 9.77. The van der Waals surface area contributed by atoms with Crippen LogP contribution in [0.3, 0.4) is 0 Å². The van der Waals surface area contributed by atoms with E-state index in [2.05, 4.69) is 38.4 Å². The molecule has 0 spiro atoms. The Kier molecular flexibility index (Phi) is 7.39. The number of amides is 2. The zero-order valence-corrected chi connectivity index (χ0v) is 15.8. The van der Waals surface area contributed by atoms with Gasteiger partial charge in [0.05, 0.1) is 13.3 Å². The van der Waals surface area contributed by atoms with Crippen LogP contribution in [0.15, 0.2) is 53.6 Å². The molecule has 0 aliphatic carbocycles. The maximum Gasteiger partial charge on any atom is 0.240 e. The largest absolute Gasteiger partial charge is 0.497 e. The summed E-state index contributed by atoms with van der Waals surface area (Å²) in [6.45, 7) is 0. The Labute approximate surface area is 159 Å². The van der Waals surface area contributed by atoms with Crippen molar-refractivity contribution >= 4 is 46.3 Å². The summed E-state index contributed by atoms with van der Waals surface area (Å²) < 4.78 is 6.15. The molecule has 0 radical (unpaired) electrons. The topological polar surface area (TPSA) is 79.8 Å². The van der Waals surface area contributed by atoms with Crippen molar-refractivity contribution in [3.8, 4) is 5.75 Å². The third-order valence-corrected chi connectivity index (χ3v) is 3.94. The van der Waals surface area contributed by atoms with Gasteiger partial charge >= 0.3 is 0 Å². The first-order valence-electron chi connectivity index (χ1n) is 7.58. The van der Waals surface area contributed by atoms with Gasteiger partial charge in [-0.2, -0.15) is 5.10 Å². The number of rotatable bonds is 7. The lowest BCUT2D eigenvalue weighted by molar-refractivity contribution is -0.124. The van der Waals surface area contributed by atoms with Gasteiger partial charge in [0.15, 0.2) is 0 Å². The molecule has 2 aromatic rings. The summed E-state index contributed by atoms with van der Waals surface area (Å²) >= 11 is 2.19. The number of carbonyl (C=O) groups excluding carboxylic acids is 2. The molecule has 25 heavy (non-hydrogen) atoms. The molecular formula is C18H18IN3O3. The molecule has 0 saturated heterocycles. The predicted molar refractivity (Wildman–Crippen MR) is 106 cm³/mol. The molecule has 0 unspecified atom stereocenters. The zero-order chi connectivity index (χ0) is 18.1. The number of hydrazone groups is 1. The summed E-state index contributed by atoms with van der Waals surface area (Å²) in [7, 11) is 1.60. The average Bonchev–Trinajstić information content (AvgIpc) is 2.62. The highest BCUT2D eigenvalue weighted by Gasteiger charge is 2.06. The van der Waals surface area contributed by atoms with Gasteiger partial charge in [-0.25, -0.2) is 5.43 Å². The van der Waals surface area contributed by atoms with Gasteiger partial charge in [-0.05, 0) is 76.7 Å². The minimum absolute atomic E-state index is 0.0656. The Hall–Kier alpha value is -2.42. The van der Waals surface area contributed by atoms with E-state index in [1.165, 1.54) is 6.21 Å². The maximum absolute atomic E-state index is 11.8. The molecule has 0 aliphatic heterocycles. The molecular weight excluding hydrogens is 433 g/mol. The molecule has 0 aliphatic rings. The van der Waals surface area contributed by atoms with Crippen LogP contribution >= 0.6 is 22.6 Å². The first-order valence-corrected chi connectivity index (χ1v) is 8.66. The zero-order valence-electron chi connectivity index (χ0n) is 13.7. The number of nitrogens with zero attached hydrogens (tertiary/aromatic N) is 1. The van der Waals surface area contributed by atoms with E-state index in [0.717, 1.165) is 14.9 Å². The number of hydrogen-bond acceptors (Lipinski definition) is 4. The predicted octanol–water partition coefficient (Wildman–Crippen LogP) is 3.17. The number of carbonyl (C=O) groups is 2. The molecule has 0 aromatic heterocycles. The summed E-state index contributed by atoms with van der Waals surface area (Å²) in [6, 6.07) is 14.7. The smallest absolute Gasteiger partial charge is 0.240 e. The molecule has 0 fully saturated rings. The van der Waals surface area contributed by atoms with Crippen LogP contribution in [0.1, 0.15) is 18.4 Å². The highest BCUT2D eigenvalue weighted by atomic mass is 127. The molecule has 0 bridgehead atoms. The van der Waals surface area contributed by atoms with Crippen molar-refractivity contribution in [1.29, 1.82) is 0 Å². The minimum Gasteiger partial charge on any atom is -0.497 e. The van der Waals surface area contributed by atoms with E-state index in [4.69, 9.17) is 4.74 Å². The van der Waals surface area contributed by atoms with E-state index in [0.29, 0.717) is 5.69 Å². The Morgan fingerprint density at radius 2 is 1.68 bits per heavy atom. The van der Waals surface area contributed by atoms with Gasteiger partial charge in [0.25, 0.3) is 0 Å². The molecule has 0 saturated carbocycles. The summed E-state index contributed by atoms with van der Waals surface area (Å²) in [5.74, 6) is 0.221. The number of halogens is 1. The van der Waals surface area contributed by atoms with Crippen LogP contribution < -0.4 is 15.5 Å². The van der Waals surface area contributed by atoms with E-state index in [1.54, 1.807) is 19.2 Å². The number of benzene rings is 2. The number of anilines is 1. The highest BCUT2D eigenvalue weighted by molar-refractivity contribution is 14.1. The SMILES string of the molecule is COc1ccc(/C=N\NC(=O)CCC(=O)Nc2ccc(I)cc2)cc1. The van der Waals surface area contributed by atoms with Gasteiger partial charge in [0.1, 0.15) is 5.75 Å². The van der Waals surface area contributed by atoms with Crippen LogP contribution in [-0.2, 0) is 9.59 Å². The molecule has 2 N–H and O–H groups in total. The van der Waals surface area contributed by atoms with Crippen LogP contribution in [0, 0.1) is 3.57 Å². The second-order valence-corrected chi connectivity index (χ2v) is 6.37. The minimum atomic E-state index is -0.317. The van der Waals surface area contributed by atoms with Crippen molar-refractivity contribution in [2.75, 3.05) is 12.4 Å². The Morgan fingerprint density at radius 3 is 2.32 bits per heavy atom. The average molecular weight is 451 g/mol.